The quantitative estimate of drug-likeness (QED) is 0.807. The molecule has 3 nitrogen and oxygen atoms in total. The number of rotatable bonds is 4. The van der Waals surface area contributed by atoms with Crippen molar-refractivity contribution in [2.24, 2.45) is 11.3 Å². The largest absolute Gasteiger partial charge is 0.353 e. The Bertz CT molecular complexity index is 279. The lowest BCUT2D eigenvalue weighted by atomic mass is 9.76. The van der Waals surface area contributed by atoms with E-state index < -0.39 is 0 Å². The van der Waals surface area contributed by atoms with Gasteiger partial charge in [-0.3, -0.25) is 4.79 Å². The lowest BCUT2D eigenvalue weighted by molar-refractivity contribution is -0.133. The average molecular weight is 252 g/mol. The third kappa shape index (κ3) is 3.05. The minimum atomic E-state index is -0.126. The molecule has 2 N–H and O–H groups in total. The Morgan fingerprint density at radius 1 is 1.44 bits per heavy atom. The topological polar surface area (TPSA) is 41.1 Å². The minimum Gasteiger partial charge on any atom is -0.353 e. The summed E-state index contributed by atoms with van der Waals surface area (Å²) in [5.74, 6) is 1.09. The monoisotopic (exact) mass is 252 g/mol. The first-order chi connectivity index (χ1) is 8.66. The molecule has 0 aromatic heterocycles. The maximum Gasteiger partial charge on any atom is 0.227 e. The molecule has 2 rings (SSSR count). The summed E-state index contributed by atoms with van der Waals surface area (Å²) >= 11 is 0. The maximum absolute atomic E-state index is 12.6. The number of carbonyl (C=O) groups excluding carboxylic acids is 1. The van der Waals surface area contributed by atoms with E-state index in [9.17, 15) is 4.79 Å². The molecule has 2 aliphatic rings. The van der Waals surface area contributed by atoms with E-state index in [1.807, 2.05) is 0 Å². The van der Waals surface area contributed by atoms with E-state index in [1.54, 1.807) is 0 Å². The van der Waals surface area contributed by atoms with Crippen molar-refractivity contribution in [3.8, 4) is 0 Å². The predicted molar refractivity (Wildman–Crippen MR) is 74.4 cm³/mol. The van der Waals surface area contributed by atoms with Gasteiger partial charge in [0.05, 0.1) is 5.41 Å². The molecule has 1 heterocycles. The van der Waals surface area contributed by atoms with Crippen LogP contribution in [0.15, 0.2) is 0 Å². The molecule has 3 atom stereocenters. The van der Waals surface area contributed by atoms with Crippen molar-refractivity contribution >= 4 is 5.91 Å². The van der Waals surface area contributed by atoms with Crippen molar-refractivity contribution in [1.29, 1.82) is 0 Å². The maximum atomic E-state index is 12.6. The van der Waals surface area contributed by atoms with E-state index in [1.165, 1.54) is 19.3 Å². The number of piperidine rings is 1. The second-order valence-corrected chi connectivity index (χ2v) is 6.40. The van der Waals surface area contributed by atoms with Gasteiger partial charge in [0.15, 0.2) is 0 Å². The third-order valence-corrected chi connectivity index (χ3v) is 4.71. The van der Waals surface area contributed by atoms with E-state index in [0.717, 1.165) is 44.7 Å². The van der Waals surface area contributed by atoms with Gasteiger partial charge in [0.2, 0.25) is 5.91 Å². The zero-order chi connectivity index (χ0) is 13.0. The van der Waals surface area contributed by atoms with Crippen LogP contribution in [0.2, 0.25) is 0 Å². The second kappa shape index (κ2) is 6.05. The summed E-state index contributed by atoms with van der Waals surface area (Å²) in [7, 11) is 0. The summed E-state index contributed by atoms with van der Waals surface area (Å²) in [6.45, 7) is 6.41. The van der Waals surface area contributed by atoms with Crippen molar-refractivity contribution < 1.29 is 4.79 Å². The fourth-order valence-corrected chi connectivity index (χ4v) is 3.64. The van der Waals surface area contributed by atoms with E-state index in [0.29, 0.717) is 11.9 Å². The summed E-state index contributed by atoms with van der Waals surface area (Å²) in [6.07, 6.45) is 7.91. The van der Waals surface area contributed by atoms with Crippen LogP contribution in [0.1, 0.15) is 58.8 Å². The number of carbonyl (C=O) groups is 1. The normalized spacial score (nSPS) is 36.6. The van der Waals surface area contributed by atoms with Gasteiger partial charge >= 0.3 is 0 Å². The number of amides is 1. The Hall–Kier alpha value is -0.570. The van der Waals surface area contributed by atoms with Crippen LogP contribution in [0, 0.1) is 11.3 Å². The van der Waals surface area contributed by atoms with Crippen molar-refractivity contribution in [1.82, 2.24) is 10.6 Å². The fourth-order valence-electron chi connectivity index (χ4n) is 3.64. The van der Waals surface area contributed by atoms with Gasteiger partial charge in [-0.15, -0.1) is 0 Å². The van der Waals surface area contributed by atoms with Gasteiger partial charge in [-0.25, -0.2) is 0 Å². The van der Waals surface area contributed by atoms with Gasteiger partial charge in [-0.1, -0.05) is 20.3 Å². The fraction of sp³-hybridized carbons (Fsp3) is 0.933. The van der Waals surface area contributed by atoms with Crippen LogP contribution in [0.3, 0.4) is 0 Å². The zero-order valence-corrected chi connectivity index (χ0v) is 11.9. The summed E-state index contributed by atoms with van der Waals surface area (Å²) in [6, 6.07) is 0.433. The highest BCUT2D eigenvalue weighted by Gasteiger charge is 2.39. The average Bonchev–Trinajstić information content (AvgIpc) is 2.76. The smallest absolute Gasteiger partial charge is 0.227 e. The molecule has 1 aliphatic carbocycles. The highest BCUT2D eigenvalue weighted by molar-refractivity contribution is 5.83. The van der Waals surface area contributed by atoms with Gasteiger partial charge in [0, 0.05) is 12.6 Å². The zero-order valence-electron chi connectivity index (χ0n) is 11.9. The van der Waals surface area contributed by atoms with E-state index in [4.69, 9.17) is 0 Å². The minimum absolute atomic E-state index is 0.126. The van der Waals surface area contributed by atoms with Crippen LogP contribution in [0.25, 0.3) is 0 Å². The van der Waals surface area contributed by atoms with Crippen LogP contribution in [0.4, 0.5) is 0 Å². The van der Waals surface area contributed by atoms with Gasteiger partial charge in [-0.05, 0) is 51.0 Å². The van der Waals surface area contributed by atoms with Crippen molar-refractivity contribution in [3.05, 3.63) is 0 Å². The Labute approximate surface area is 111 Å². The lowest BCUT2D eigenvalue weighted by Gasteiger charge is -2.37. The Balaban J connectivity index is 1.95. The molecule has 1 aliphatic heterocycles. The van der Waals surface area contributed by atoms with E-state index >= 15 is 0 Å². The SMILES string of the molecule is CCCC1(C(=O)NC2CCC(C)C2)CCCNC1. The molecule has 0 aromatic rings. The molecule has 1 amide bonds. The van der Waals surface area contributed by atoms with Crippen LogP contribution >= 0.6 is 0 Å². The molecule has 0 radical (unpaired) electrons. The Morgan fingerprint density at radius 3 is 2.83 bits per heavy atom. The molecular weight excluding hydrogens is 224 g/mol. The molecule has 0 bridgehead atoms. The standard InChI is InChI=1S/C15H28N2O/c1-3-7-15(8-4-9-16-11-15)14(18)17-13-6-5-12(2)10-13/h12-13,16H,3-11H2,1-2H3,(H,17,18). The van der Waals surface area contributed by atoms with Crippen LogP contribution in [0.5, 0.6) is 0 Å². The van der Waals surface area contributed by atoms with Crippen LogP contribution in [-0.2, 0) is 4.79 Å². The van der Waals surface area contributed by atoms with Crippen molar-refractivity contribution in [2.75, 3.05) is 13.1 Å². The Kier molecular flexibility index (Phi) is 4.66. The van der Waals surface area contributed by atoms with Crippen molar-refractivity contribution in [3.63, 3.8) is 0 Å². The molecule has 0 spiro atoms. The van der Waals surface area contributed by atoms with Gasteiger partial charge in [0.1, 0.15) is 0 Å². The first-order valence-corrected chi connectivity index (χ1v) is 7.68. The van der Waals surface area contributed by atoms with E-state index in [-0.39, 0.29) is 5.41 Å². The summed E-state index contributed by atoms with van der Waals surface area (Å²) in [5.41, 5.74) is -0.126. The first kappa shape index (κ1) is 13.9. The highest BCUT2D eigenvalue weighted by atomic mass is 16.2. The van der Waals surface area contributed by atoms with E-state index in [2.05, 4.69) is 24.5 Å². The summed E-state index contributed by atoms with van der Waals surface area (Å²) in [5, 5.41) is 6.74. The molecule has 0 aromatic carbocycles. The molecule has 3 unspecified atom stereocenters. The predicted octanol–water partition coefficient (Wildman–Crippen LogP) is 2.46. The number of hydrogen-bond acceptors (Lipinski definition) is 2. The highest BCUT2D eigenvalue weighted by Crippen LogP contribution is 2.33. The van der Waals surface area contributed by atoms with Gasteiger partial charge in [0.25, 0.3) is 0 Å². The summed E-state index contributed by atoms with van der Waals surface area (Å²) in [4.78, 5) is 12.6. The van der Waals surface area contributed by atoms with Crippen LogP contribution in [-0.4, -0.2) is 25.0 Å². The first-order valence-electron chi connectivity index (χ1n) is 7.68. The molecule has 18 heavy (non-hydrogen) atoms. The molecule has 104 valence electrons. The third-order valence-electron chi connectivity index (χ3n) is 4.71. The second-order valence-electron chi connectivity index (χ2n) is 6.40. The lowest BCUT2D eigenvalue weighted by Crippen LogP contribution is -2.52. The van der Waals surface area contributed by atoms with Gasteiger partial charge in [-0.2, -0.15) is 0 Å². The Morgan fingerprint density at radius 2 is 2.28 bits per heavy atom. The van der Waals surface area contributed by atoms with Crippen LogP contribution < -0.4 is 10.6 Å². The molecule has 1 saturated heterocycles. The number of hydrogen-bond donors (Lipinski definition) is 2. The van der Waals surface area contributed by atoms with Crippen molar-refractivity contribution in [2.45, 2.75) is 64.8 Å². The van der Waals surface area contributed by atoms with Gasteiger partial charge < -0.3 is 10.6 Å². The molecular formula is C15H28N2O. The summed E-state index contributed by atoms with van der Waals surface area (Å²) < 4.78 is 0. The molecule has 1 saturated carbocycles. The molecule has 2 fully saturated rings. The number of nitrogens with one attached hydrogen (secondary N) is 2. The molecule has 3 heteroatoms.